The van der Waals surface area contributed by atoms with Crippen molar-refractivity contribution in [2.75, 3.05) is 5.32 Å². The fourth-order valence-corrected chi connectivity index (χ4v) is 1.75. The molecule has 0 radical (unpaired) electrons. The molecule has 1 amide bonds. The van der Waals surface area contributed by atoms with E-state index in [0.717, 1.165) is 17.8 Å². The van der Waals surface area contributed by atoms with Crippen molar-refractivity contribution < 1.29 is 4.79 Å². The van der Waals surface area contributed by atoms with Crippen molar-refractivity contribution in [2.24, 2.45) is 0 Å². The van der Waals surface area contributed by atoms with Crippen molar-refractivity contribution >= 4 is 23.2 Å². The molecule has 1 N–H and O–H groups in total. The van der Waals surface area contributed by atoms with Gasteiger partial charge in [0.1, 0.15) is 0 Å². The lowest BCUT2D eigenvalue weighted by atomic mass is 10.2. The molecule has 0 atom stereocenters. The number of carbonyl (C=O) groups is 1. The van der Waals surface area contributed by atoms with Crippen LogP contribution < -0.4 is 5.32 Å². The molecule has 2 rings (SSSR count). The van der Waals surface area contributed by atoms with Crippen molar-refractivity contribution in [1.29, 1.82) is 0 Å². The Bertz CT molecular complexity index is 577. The van der Waals surface area contributed by atoms with E-state index < -0.39 is 0 Å². The number of carbonyl (C=O) groups excluding carboxylic acids is 1. The minimum Gasteiger partial charge on any atom is -0.322 e. The van der Waals surface area contributed by atoms with E-state index in [4.69, 9.17) is 11.6 Å². The summed E-state index contributed by atoms with van der Waals surface area (Å²) in [6.45, 7) is 4.63. The number of nitrogens with one attached hydrogen (secondary N) is 1. The van der Waals surface area contributed by atoms with Crippen LogP contribution in [0.15, 0.2) is 30.6 Å². The maximum Gasteiger partial charge on any atom is 0.258 e. The lowest BCUT2D eigenvalue weighted by Crippen LogP contribution is -2.12. The molecule has 0 aliphatic rings. The Balaban J connectivity index is 2.18. The maximum atomic E-state index is 12.0. The van der Waals surface area contributed by atoms with Gasteiger partial charge in [0.05, 0.1) is 11.8 Å². The highest BCUT2D eigenvalue weighted by Gasteiger charge is 2.10. The third-order valence-corrected chi connectivity index (χ3v) is 2.90. The zero-order valence-electron chi connectivity index (χ0n) is 10.3. The van der Waals surface area contributed by atoms with Crippen LogP contribution in [-0.4, -0.2) is 15.7 Å². The highest BCUT2D eigenvalue weighted by molar-refractivity contribution is 6.31. The molecule has 0 unspecified atom stereocenters. The second kappa shape index (κ2) is 5.23. The summed E-state index contributed by atoms with van der Waals surface area (Å²) < 4.78 is 1.71. The van der Waals surface area contributed by atoms with Gasteiger partial charge in [-0.25, -0.2) is 0 Å². The number of hydrogen-bond acceptors (Lipinski definition) is 2. The number of benzene rings is 1. The third-order valence-electron chi connectivity index (χ3n) is 2.67. The molecule has 94 valence electrons. The molecular formula is C13H14ClN3O. The smallest absolute Gasteiger partial charge is 0.258 e. The number of hydrogen-bond donors (Lipinski definition) is 1. The monoisotopic (exact) mass is 263 g/mol. The molecule has 0 spiro atoms. The average Bonchev–Trinajstić information content (AvgIpc) is 2.82. The summed E-state index contributed by atoms with van der Waals surface area (Å²) in [4.78, 5) is 12.0. The number of aromatic nitrogens is 2. The second-order valence-corrected chi connectivity index (χ2v) is 4.43. The van der Waals surface area contributed by atoms with Crippen LogP contribution in [0.2, 0.25) is 5.02 Å². The number of anilines is 1. The van der Waals surface area contributed by atoms with E-state index in [1.165, 1.54) is 0 Å². The first-order valence-electron chi connectivity index (χ1n) is 5.70. The van der Waals surface area contributed by atoms with Gasteiger partial charge in [-0.2, -0.15) is 5.10 Å². The Morgan fingerprint density at radius 2 is 2.28 bits per heavy atom. The highest BCUT2D eigenvalue weighted by atomic mass is 35.5. The number of rotatable bonds is 3. The second-order valence-electron chi connectivity index (χ2n) is 4.00. The Morgan fingerprint density at radius 3 is 2.94 bits per heavy atom. The standard InChI is InChI=1S/C13H14ClN3O/c1-3-17-8-10(7-15-17)13(18)16-12-6-11(14)5-4-9(12)2/h4-8H,3H2,1-2H3,(H,16,18). The maximum absolute atomic E-state index is 12.0. The van der Waals surface area contributed by atoms with Crippen molar-refractivity contribution in [1.82, 2.24) is 9.78 Å². The Hall–Kier alpha value is -1.81. The first-order valence-corrected chi connectivity index (χ1v) is 6.08. The molecule has 0 aliphatic carbocycles. The van der Waals surface area contributed by atoms with Gasteiger partial charge in [-0.05, 0) is 31.5 Å². The van der Waals surface area contributed by atoms with E-state index in [1.807, 2.05) is 19.9 Å². The van der Waals surface area contributed by atoms with Crippen LogP contribution in [-0.2, 0) is 6.54 Å². The van der Waals surface area contributed by atoms with E-state index in [2.05, 4.69) is 10.4 Å². The third kappa shape index (κ3) is 2.71. The summed E-state index contributed by atoms with van der Waals surface area (Å²) in [6.07, 6.45) is 3.27. The first kappa shape index (κ1) is 12.6. The van der Waals surface area contributed by atoms with Gasteiger partial charge in [-0.15, -0.1) is 0 Å². The molecule has 18 heavy (non-hydrogen) atoms. The predicted molar refractivity (Wildman–Crippen MR) is 72.0 cm³/mol. The van der Waals surface area contributed by atoms with Crippen LogP contribution in [0.25, 0.3) is 0 Å². The molecule has 5 heteroatoms. The van der Waals surface area contributed by atoms with Crippen LogP contribution in [0.1, 0.15) is 22.8 Å². The molecule has 1 aromatic carbocycles. The van der Waals surface area contributed by atoms with Gasteiger partial charge in [0.15, 0.2) is 0 Å². The normalized spacial score (nSPS) is 10.4. The minimum atomic E-state index is -0.180. The average molecular weight is 264 g/mol. The van der Waals surface area contributed by atoms with Crippen LogP contribution in [0.5, 0.6) is 0 Å². The molecule has 1 heterocycles. The zero-order valence-corrected chi connectivity index (χ0v) is 11.0. The van der Waals surface area contributed by atoms with E-state index in [1.54, 1.807) is 29.2 Å². The minimum absolute atomic E-state index is 0.180. The molecule has 0 bridgehead atoms. The lowest BCUT2D eigenvalue weighted by molar-refractivity contribution is 0.102. The summed E-state index contributed by atoms with van der Waals surface area (Å²) in [7, 11) is 0. The van der Waals surface area contributed by atoms with Crippen LogP contribution in [0.4, 0.5) is 5.69 Å². The first-order chi connectivity index (χ1) is 8.60. The van der Waals surface area contributed by atoms with Gasteiger partial charge in [0.25, 0.3) is 5.91 Å². The van der Waals surface area contributed by atoms with Crippen molar-refractivity contribution in [2.45, 2.75) is 20.4 Å². The van der Waals surface area contributed by atoms with Gasteiger partial charge in [-0.3, -0.25) is 9.48 Å². The summed E-state index contributed by atoms with van der Waals surface area (Å²) in [6, 6.07) is 5.40. The van der Waals surface area contributed by atoms with Crippen molar-refractivity contribution in [3.8, 4) is 0 Å². The Labute approximate surface area is 111 Å². The molecule has 0 aliphatic heterocycles. The van der Waals surface area contributed by atoms with Crippen LogP contribution in [0, 0.1) is 6.92 Å². The van der Waals surface area contributed by atoms with Gasteiger partial charge in [0.2, 0.25) is 0 Å². The number of halogens is 1. The van der Waals surface area contributed by atoms with Crippen molar-refractivity contribution in [3.05, 3.63) is 46.7 Å². The van der Waals surface area contributed by atoms with Gasteiger partial charge in [0, 0.05) is 23.5 Å². The van der Waals surface area contributed by atoms with E-state index in [0.29, 0.717) is 10.6 Å². The van der Waals surface area contributed by atoms with Gasteiger partial charge in [-0.1, -0.05) is 17.7 Å². The van der Waals surface area contributed by atoms with Crippen LogP contribution in [0.3, 0.4) is 0 Å². The summed E-state index contributed by atoms with van der Waals surface area (Å²) in [5.74, 6) is -0.180. The Morgan fingerprint density at radius 1 is 1.50 bits per heavy atom. The zero-order chi connectivity index (χ0) is 13.1. The van der Waals surface area contributed by atoms with Crippen LogP contribution >= 0.6 is 11.6 Å². The molecule has 0 fully saturated rings. The largest absolute Gasteiger partial charge is 0.322 e. The number of amides is 1. The van der Waals surface area contributed by atoms with E-state index in [-0.39, 0.29) is 5.91 Å². The predicted octanol–water partition coefficient (Wildman–Crippen LogP) is 3.12. The quantitative estimate of drug-likeness (QED) is 0.925. The lowest BCUT2D eigenvalue weighted by Gasteiger charge is -2.07. The summed E-state index contributed by atoms with van der Waals surface area (Å²) in [5, 5.41) is 7.49. The summed E-state index contributed by atoms with van der Waals surface area (Å²) >= 11 is 5.91. The number of aryl methyl sites for hydroxylation is 2. The summed E-state index contributed by atoms with van der Waals surface area (Å²) in [5.41, 5.74) is 2.23. The van der Waals surface area contributed by atoms with Gasteiger partial charge < -0.3 is 5.32 Å². The molecular weight excluding hydrogens is 250 g/mol. The highest BCUT2D eigenvalue weighted by Crippen LogP contribution is 2.20. The molecule has 0 saturated carbocycles. The molecule has 2 aromatic rings. The molecule has 1 aromatic heterocycles. The van der Waals surface area contributed by atoms with Gasteiger partial charge >= 0.3 is 0 Å². The SMILES string of the molecule is CCn1cc(C(=O)Nc2cc(Cl)ccc2C)cn1. The molecule has 0 saturated heterocycles. The number of nitrogens with zero attached hydrogens (tertiary/aromatic N) is 2. The molecule has 4 nitrogen and oxygen atoms in total. The fraction of sp³-hybridized carbons (Fsp3) is 0.231. The Kier molecular flexibility index (Phi) is 3.67. The van der Waals surface area contributed by atoms with E-state index >= 15 is 0 Å². The van der Waals surface area contributed by atoms with E-state index in [9.17, 15) is 4.79 Å². The topological polar surface area (TPSA) is 46.9 Å². The fourth-order valence-electron chi connectivity index (χ4n) is 1.58. The van der Waals surface area contributed by atoms with Crippen molar-refractivity contribution in [3.63, 3.8) is 0 Å².